The zero-order valence-corrected chi connectivity index (χ0v) is 10.2. The Labute approximate surface area is 88.9 Å². The smallest absolute Gasteiger partial charge is 0.0101 e. The molecule has 0 unspecified atom stereocenters. The highest BCUT2D eigenvalue weighted by Gasteiger charge is 2.41. The van der Waals surface area contributed by atoms with Crippen molar-refractivity contribution in [2.45, 2.75) is 59.0 Å². The van der Waals surface area contributed by atoms with Gasteiger partial charge in [0, 0.05) is 18.6 Å². The zero-order valence-electron chi connectivity index (χ0n) is 10.2. The van der Waals surface area contributed by atoms with Gasteiger partial charge in [-0.2, -0.15) is 0 Å². The molecule has 82 valence electrons. The molecule has 1 saturated carbocycles. The minimum atomic E-state index is 0.760. The third-order valence-corrected chi connectivity index (χ3v) is 4.45. The molecule has 0 aromatic rings. The molecule has 3 fully saturated rings. The topological polar surface area (TPSA) is 3.24 Å². The largest absolute Gasteiger partial charge is 0.298 e. The lowest BCUT2D eigenvalue weighted by molar-refractivity contribution is -0.0287. The van der Waals surface area contributed by atoms with E-state index in [-0.39, 0.29) is 0 Å². The molecular weight excluding hydrogens is 170 g/mol. The maximum absolute atomic E-state index is 2.74. The van der Waals surface area contributed by atoms with Crippen LogP contribution in [0, 0.1) is 17.8 Å². The first kappa shape index (κ1) is 10.5. The normalized spacial score (nSPS) is 38.6. The summed E-state index contributed by atoms with van der Waals surface area (Å²) in [5.74, 6) is 2.92. The predicted molar refractivity (Wildman–Crippen MR) is 61.3 cm³/mol. The Morgan fingerprint density at radius 3 is 2.21 bits per heavy atom. The maximum Gasteiger partial charge on any atom is 0.0101 e. The van der Waals surface area contributed by atoms with E-state index in [0.29, 0.717) is 0 Å². The molecule has 0 N–H and O–H groups in total. The van der Waals surface area contributed by atoms with E-state index in [0.717, 1.165) is 29.8 Å². The van der Waals surface area contributed by atoms with E-state index >= 15 is 0 Å². The molecule has 3 rings (SSSR count). The second kappa shape index (κ2) is 3.84. The summed E-state index contributed by atoms with van der Waals surface area (Å²) in [5, 5.41) is 0. The van der Waals surface area contributed by atoms with Crippen molar-refractivity contribution in [3.05, 3.63) is 0 Å². The van der Waals surface area contributed by atoms with Crippen molar-refractivity contribution in [2.75, 3.05) is 6.54 Å². The first-order valence-electron chi connectivity index (χ1n) is 6.35. The minimum absolute atomic E-state index is 0.760. The van der Waals surface area contributed by atoms with Crippen LogP contribution in [0.3, 0.4) is 0 Å². The number of piperidine rings is 2. The van der Waals surface area contributed by atoms with Crippen molar-refractivity contribution < 1.29 is 0 Å². The highest BCUT2D eigenvalue weighted by atomic mass is 15.2. The fraction of sp³-hybridized carbons (Fsp3) is 1.00. The van der Waals surface area contributed by atoms with Gasteiger partial charge in [0.1, 0.15) is 0 Å². The van der Waals surface area contributed by atoms with Crippen molar-refractivity contribution in [3.8, 4) is 0 Å². The monoisotopic (exact) mass is 195 g/mol. The van der Waals surface area contributed by atoms with Gasteiger partial charge in [0.15, 0.2) is 0 Å². The van der Waals surface area contributed by atoms with Crippen LogP contribution < -0.4 is 0 Å². The van der Waals surface area contributed by atoms with E-state index in [2.05, 4.69) is 32.6 Å². The quantitative estimate of drug-likeness (QED) is 0.654. The zero-order chi connectivity index (χ0) is 10.3. The summed E-state index contributed by atoms with van der Waals surface area (Å²) in [4.78, 5) is 2.74. The average Bonchev–Trinajstić information content (AvgIpc) is 2.18. The van der Waals surface area contributed by atoms with Crippen molar-refractivity contribution >= 4 is 0 Å². The van der Waals surface area contributed by atoms with E-state index in [1.807, 2.05) is 0 Å². The number of fused-ring (bicyclic) bond motifs is 3. The van der Waals surface area contributed by atoms with Gasteiger partial charge in [-0.25, -0.2) is 0 Å². The van der Waals surface area contributed by atoms with Gasteiger partial charge in [0.2, 0.25) is 0 Å². The Hall–Kier alpha value is -0.0400. The van der Waals surface area contributed by atoms with Gasteiger partial charge < -0.3 is 0 Å². The van der Waals surface area contributed by atoms with Gasteiger partial charge in [0.05, 0.1) is 0 Å². The summed E-state index contributed by atoms with van der Waals surface area (Å²) in [6.07, 6.45) is 4.43. The highest BCUT2D eigenvalue weighted by molar-refractivity contribution is 4.94. The van der Waals surface area contributed by atoms with Crippen molar-refractivity contribution in [1.29, 1.82) is 0 Å². The summed E-state index contributed by atoms with van der Waals surface area (Å²) < 4.78 is 0. The van der Waals surface area contributed by atoms with E-state index < -0.39 is 0 Å². The molecule has 0 amide bonds. The lowest BCUT2D eigenvalue weighted by atomic mass is 9.67. The number of nitrogens with zero attached hydrogens (tertiary/aromatic N) is 1. The van der Waals surface area contributed by atoms with Gasteiger partial charge in [-0.3, -0.25) is 4.90 Å². The molecule has 0 radical (unpaired) electrons. The third-order valence-electron chi connectivity index (χ3n) is 4.45. The van der Waals surface area contributed by atoms with Crippen LogP contribution in [0.5, 0.6) is 0 Å². The molecule has 1 aliphatic carbocycles. The van der Waals surface area contributed by atoms with E-state index in [4.69, 9.17) is 0 Å². The lowest BCUT2D eigenvalue weighted by Crippen LogP contribution is -2.55. The van der Waals surface area contributed by atoms with Gasteiger partial charge in [-0.05, 0) is 50.9 Å². The highest BCUT2D eigenvalue weighted by Crippen LogP contribution is 2.43. The number of hydrogen-bond donors (Lipinski definition) is 0. The van der Waals surface area contributed by atoms with E-state index in [1.54, 1.807) is 0 Å². The van der Waals surface area contributed by atoms with Crippen LogP contribution in [-0.2, 0) is 0 Å². The van der Waals surface area contributed by atoms with Crippen LogP contribution in [0.4, 0.5) is 0 Å². The minimum Gasteiger partial charge on any atom is -0.298 e. The van der Waals surface area contributed by atoms with Crippen LogP contribution >= 0.6 is 0 Å². The van der Waals surface area contributed by atoms with Crippen LogP contribution in [0.2, 0.25) is 0 Å². The molecule has 3 aliphatic rings. The summed E-state index contributed by atoms with van der Waals surface area (Å²) in [6, 6.07) is 1.67. The summed E-state index contributed by atoms with van der Waals surface area (Å²) in [5.41, 5.74) is 0. The van der Waals surface area contributed by atoms with Crippen molar-refractivity contribution in [3.63, 3.8) is 0 Å². The Bertz CT molecular complexity index is 175. The molecule has 2 bridgehead atoms. The van der Waals surface area contributed by atoms with Crippen LogP contribution in [0.25, 0.3) is 0 Å². The second-order valence-corrected chi connectivity index (χ2v) is 5.93. The Kier molecular flexibility index (Phi) is 2.88. The van der Waals surface area contributed by atoms with Crippen LogP contribution in [0.1, 0.15) is 47.0 Å². The molecule has 2 heterocycles. The molecule has 0 aromatic carbocycles. The Morgan fingerprint density at radius 2 is 1.79 bits per heavy atom. The van der Waals surface area contributed by atoms with Crippen LogP contribution in [0.15, 0.2) is 0 Å². The standard InChI is InChI=1S/C13H25N/c1-9(2)13-7-12-6-5-11(13)8-14(12)10(3)4/h9-13H,5-8H2,1-4H3/t11-,12-,13-/m0/s1. The summed E-state index contributed by atoms with van der Waals surface area (Å²) in [7, 11) is 0. The fourth-order valence-electron chi connectivity index (χ4n) is 3.64. The van der Waals surface area contributed by atoms with Gasteiger partial charge in [-0.1, -0.05) is 13.8 Å². The molecule has 1 heteroatoms. The van der Waals surface area contributed by atoms with Gasteiger partial charge >= 0.3 is 0 Å². The molecule has 0 aromatic heterocycles. The molecule has 2 aliphatic heterocycles. The average molecular weight is 195 g/mol. The molecule has 0 spiro atoms. The molecule has 1 nitrogen and oxygen atoms in total. The molecular formula is C13H25N. The van der Waals surface area contributed by atoms with Gasteiger partial charge in [0.25, 0.3) is 0 Å². The van der Waals surface area contributed by atoms with E-state index in [1.165, 1.54) is 25.8 Å². The van der Waals surface area contributed by atoms with Crippen molar-refractivity contribution in [1.82, 2.24) is 4.90 Å². The van der Waals surface area contributed by atoms with Gasteiger partial charge in [-0.15, -0.1) is 0 Å². The molecule has 2 saturated heterocycles. The van der Waals surface area contributed by atoms with Crippen LogP contribution in [-0.4, -0.2) is 23.5 Å². The number of hydrogen-bond acceptors (Lipinski definition) is 1. The Balaban J connectivity index is 2.05. The second-order valence-electron chi connectivity index (χ2n) is 5.93. The first-order valence-corrected chi connectivity index (χ1v) is 6.35. The SMILES string of the molecule is CC(C)[C@@H]1C[C@@H]2CC[C@H]1CN2C(C)C. The number of rotatable bonds is 2. The predicted octanol–water partition coefficient (Wildman–Crippen LogP) is 3.15. The lowest BCUT2D eigenvalue weighted by Gasteiger charge is -2.52. The summed E-state index contributed by atoms with van der Waals surface area (Å²) >= 11 is 0. The van der Waals surface area contributed by atoms with Crippen molar-refractivity contribution in [2.24, 2.45) is 17.8 Å². The third kappa shape index (κ3) is 1.71. The first-order chi connectivity index (χ1) is 6.59. The summed E-state index contributed by atoms with van der Waals surface area (Å²) in [6.45, 7) is 10.9. The molecule has 3 atom stereocenters. The fourth-order valence-corrected chi connectivity index (χ4v) is 3.64. The Morgan fingerprint density at radius 1 is 1.07 bits per heavy atom. The maximum atomic E-state index is 2.74. The molecule has 14 heavy (non-hydrogen) atoms. The van der Waals surface area contributed by atoms with E-state index in [9.17, 15) is 0 Å².